The molecule has 0 atom stereocenters. The van der Waals surface area contributed by atoms with Crippen LogP contribution >= 0.6 is 15.9 Å². The lowest BCUT2D eigenvalue weighted by Gasteiger charge is -1.99. The monoisotopic (exact) mass is 243 g/mol. The zero-order valence-electron chi connectivity index (χ0n) is 6.13. The second kappa shape index (κ2) is 4.71. The van der Waals surface area contributed by atoms with Gasteiger partial charge < -0.3 is 5.32 Å². The highest BCUT2D eigenvalue weighted by Crippen LogP contribution is 1.82. The van der Waals surface area contributed by atoms with Gasteiger partial charge >= 0.3 is 0 Å². The molecule has 0 aromatic heterocycles. The number of sulfone groups is 1. The van der Waals surface area contributed by atoms with Gasteiger partial charge in [-0.2, -0.15) is 0 Å². The molecule has 0 rings (SSSR count). The Morgan fingerprint density at radius 3 is 2.45 bits per heavy atom. The molecule has 0 radical (unpaired) electrons. The van der Waals surface area contributed by atoms with Crippen LogP contribution in [0, 0.1) is 0 Å². The summed E-state index contributed by atoms with van der Waals surface area (Å²) >= 11 is 3.09. The topological polar surface area (TPSA) is 63.2 Å². The summed E-state index contributed by atoms with van der Waals surface area (Å²) in [6, 6.07) is 0. The average molecular weight is 244 g/mol. The van der Waals surface area contributed by atoms with Crippen LogP contribution in [-0.2, 0) is 14.6 Å². The van der Waals surface area contributed by atoms with Crippen molar-refractivity contribution in [3.63, 3.8) is 0 Å². The molecule has 0 unspecified atom stereocenters. The van der Waals surface area contributed by atoms with Crippen molar-refractivity contribution in [2.75, 3.05) is 23.9 Å². The van der Waals surface area contributed by atoms with Crippen LogP contribution in [0.4, 0.5) is 0 Å². The third-order valence-corrected chi connectivity index (χ3v) is 1.99. The molecule has 0 aliphatic rings. The maximum atomic E-state index is 10.7. The van der Waals surface area contributed by atoms with Crippen LogP contribution in [0.1, 0.15) is 0 Å². The van der Waals surface area contributed by atoms with Gasteiger partial charge in [-0.3, -0.25) is 4.79 Å². The number of carbonyl (C=O) groups is 1. The predicted octanol–water partition coefficient (Wildman–Crippen LogP) is -0.458. The van der Waals surface area contributed by atoms with Crippen molar-refractivity contribution in [3.05, 3.63) is 0 Å². The molecule has 1 N–H and O–H groups in total. The Kier molecular flexibility index (Phi) is 4.67. The van der Waals surface area contributed by atoms with Gasteiger partial charge in [0.15, 0.2) is 9.84 Å². The molecule has 0 aromatic carbocycles. The lowest BCUT2D eigenvalue weighted by molar-refractivity contribution is -0.118. The van der Waals surface area contributed by atoms with Crippen LogP contribution in [0.3, 0.4) is 0 Å². The summed E-state index contributed by atoms with van der Waals surface area (Å²) in [6.07, 6.45) is 1.03. The number of carbonyl (C=O) groups excluding carboxylic acids is 1. The Balaban J connectivity index is 3.71. The summed E-state index contributed by atoms with van der Waals surface area (Å²) < 4.78 is 21.1. The number of nitrogens with one attached hydrogen (secondary N) is 1. The highest BCUT2D eigenvalue weighted by Gasteiger charge is 2.08. The molecular weight excluding hydrogens is 234 g/mol. The van der Waals surface area contributed by atoms with E-state index < -0.39 is 21.5 Å². The van der Waals surface area contributed by atoms with Crippen molar-refractivity contribution in [2.24, 2.45) is 0 Å². The van der Waals surface area contributed by atoms with Crippen molar-refractivity contribution in [3.8, 4) is 0 Å². The van der Waals surface area contributed by atoms with Gasteiger partial charge in [0, 0.05) is 18.1 Å². The lowest BCUT2D eigenvalue weighted by atomic mass is 10.6. The number of rotatable bonds is 4. The van der Waals surface area contributed by atoms with E-state index in [1.807, 2.05) is 0 Å². The minimum atomic E-state index is -3.18. The lowest BCUT2D eigenvalue weighted by Crippen LogP contribution is -2.31. The Bertz CT molecular complexity index is 224. The number of alkyl halides is 1. The molecule has 0 aliphatic carbocycles. The molecule has 0 spiro atoms. The quantitative estimate of drug-likeness (QED) is 0.681. The molecule has 0 saturated heterocycles. The van der Waals surface area contributed by atoms with E-state index in [0.717, 1.165) is 6.26 Å². The van der Waals surface area contributed by atoms with Crippen LogP contribution in [0.25, 0.3) is 0 Å². The first-order valence-corrected chi connectivity index (χ1v) is 6.14. The average Bonchev–Trinajstić information content (AvgIpc) is 1.79. The van der Waals surface area contributed by atoms with Crippen LogP contribution in [0.2, 0.25) is 0 Å². The van der Waals surface area contributed by atoms with E-state index in [4.69, 9.17) is 0 Å². The molecule has 4 nitrogen and oxygen atoms in total. The van der Waals surface area contributed by atoms with Crippen molar-refractivity contribution >= 4 is 31.7 Å². The molecule has 0 bridgehead atoms. The number of halogens is 1. The van der Waals surface area contributed by atoms with Crippen molar-refractivity contribution in [2.45, 2.75) is 0 Å². The van der Waals surface area contributed by atoms with E-state index in [9.17, 15) is 13.2 Å². The van der Waals surface area contributed by atoms with Crippen LogP contribution in [-0.4, -0.2) is 38.2 Å². The third kappa shape index (κ3) is 7.80. The second-order valence-corrected chi connectivity index (χ2v) is 5.04. The Hall–Kier alpha value is -0.100. The minimum absolute atomic E-state index is 0.431. The van der Waals surface area contributed by atoms with Gasteiger partial charge in [-0.25, -0.2) is 8.42 Å². The van der Waals surface area contributed by atoms with E-state index in [1.165, 1.54) is 0 Å². The normalized spacial score (nSPS) is 11.1. The molecular formula is C5H10BrNO3S. The summed E-state index contributed by atoms with van der Waals surface area (Å²) in [7, 11) is -3.18. The van der Waals surface area contributed by atoms with Gasteiger partial charge in [-0.15, -0.1) is 0 Å². The molecule has 0 fully saturated rings. The summed E-state index contributed by atoms with van der Waals surface area (Å²) in [5.41, 5.74) is 0. The van der Waals surface area contributed by atoms with Crippen LogP contribution in [0.15, 0.2) is 0 Å². The Labute approximate surface area is 74.4 Å². The van der Waals surface area contributed by atoms with Gasteiger partial charge in [0.1, 0.15) is 5.75 Å². The van der Waals surface area contributed by atoms with Gasteiger partial charge in [0.2, 0.25) is 5.91 Å². The largest absolute Gasteiger partial charge is 0.354 e. The van der Waals surface area contributed by atoms with E-state index in [-0.39, 0.29) is 0 Å². The van der Waals surface area contributed by atoms with E-state index in [2.05, 4.69) is 21.2 Å². The van der Waals surface area contributed by atoms with Gasteiger partial charge in [0.25, 0.3) is 0 Å². The van der Waals surface area contributed by atoms with Crippen molar-refractivity contribution in [1.29, 1.82) is 0 Å². The first-order chi connectivity index (χ1) is 4.95. The Morgan fingerprint density at radius 2 is 2.09 bits per heavy atom. The number of amides is 1. The maximum absolute atomic E-state index is 10.7. The van der Waals surface area contributed by atoms with Gasteiger partial charge in [0.05, 0.1) is 0 Å². The highest BCUT2D eigenvalue weighted by atomic mass is 79.9. The van der Waals surface area contributed by atoms with Crippen molar-refractivity contribution in [1.82, 2.24) is 5.32 Å². The number of hydrogen-bond acceptors (Lipinski definition) is 3. The first kappa shape index (κ1) is 10.9. The summed E-state index contributed by atoms with van der Waals surface area (Å²) in [5.74, 6) is -0.882. The van der Waals surface area contributed by atoms with Gasteiger partial charge in [-0.1, -0.05) is 15.9 Å². The highest BCUT2D eigenvalue weighted by molar-refractivity contribution is 9.09. The van der Waals surface area contributed by atoms with E-state index >= 15 is 0 Å². The minimum Gasteiger partial charge on any atom is -0.354 e. The Morgan fingerprint density at radius 1 is 1.55 bits per heavy atom. The molecule has 11 heavy (non-hydrogen) atoms. The first-order valence-electron chi connectivity index (χ1n) is 2.96. The predicted molar refractivity (Wildman–Crippen MR) is 46.5 cm³/mol. The molecule has 0 aliphatic heterocycles. The summed E-state index contributed by atoms with van der Waals surface area (Å²) in [4.78, 5) is 10.7. The molecule has 0 saturated carbocycles. The fourth-order valence-electron chi connectivity index (χ4n) is 0.476. The SMILES string of the molecule is CS(=O)(=O)CC(=O)NCCBr. The smallest absolute Gasteiger partial charge is 0.235 e. The maximum Gasteiger partial charge on any atom is 0.235 e. The zero-order chi connectivity index (χ0) is 8.91. The molecule has 6 heteroatoms. The third-order valence-electron chi connectivity index (χ3n) is 0.810. The fraction of sp³-hybridized carbons (Fsp3) is 0.800. The molecule has 0 aromatic rings. The molecule has 0 heterocycles. The second-order valence-electron chi connectivity index (χ2n) is 2.11. The fourth-order valence-corrected chi connectivity index (χ4v) is 1.25. The van der Waals surface area contributed by atoms with Crippen molar-refractivity contribution < 1.29 is 13.2 Å². The van der Waals surface area contributed by atoms with Crippen LogP contribution < -0.4 is 5.32 Å². The molecule has 1 amide bonds. The van der Waals surface area contributed by atoms with Gasteiger partial charge in [-0.05, 0) is 0 Å². The summed E-state index contributed by atoms with van der Waals surface area (Å²) in [6.45, 7) is 0.453. The zero-order valence-corrected chi connectivity index (χ0v) is 8.53. The summed E-state index contributed by atoms with van der Waals surface area (Å²) in [5, 5.41) is 3.05. The molecule has 66 valence electrons. The van der Waals surface area contributed by atoms with E-state index in [1.54, 1.807) is 0 Å². The van der Waals surface area contributed by atoms with Crippen LogP contribution in [0.5, 0.6) is 0 Å². The van der Waals surface area contributed by atoms with E-state index in [0.29, 0.717) is 11.9 Å². The number of hydrogen-bond donors (Lipinski definition) is 1. The standard InChI is InChI=1S/C5H10BrNO3S/c1-11(9,10)4-5(8)7-3-2-6/h2-4H2,1H3,(H,7,8).